The summed E-state index contributed by atoms with van der Waals surface area (Å²) in [5.74, 6) is 0.784. The number of nitrogens with zero attached hydrogens (tertiary/aromatic N) is 3. The lowest BCUT2D eigenvalue weighted by Crippen LogP contribution is -2.21. The molecule has 1 aromatic heterocycles. The second-order valence-electron chi connectivity index (χ2n) is 5.02. The Morgan fingerprint density at radius 3 is 2.82 bits per heavy atom. The fraction of sp³-hybridized carbons (Fsp3) is 0.667. The van der Waals surface area contributed by atoms with Crippen molar-refractivity contribution in [2.45, 2.75) is 32.8 Å². The molecule has 5 heteroatoms. The summed E-state index contributed by atoms with van der Waals surface area (Å²) < 4.78 is 2.29. The zero-order chi connectivity index (χ0) is 12.6. The van der Waals surface area contributed by atoms with E-state index in [1.807, 2.05) is 7.05 Å². The number of halogens is 1. The summed E-state index contributed by atoms with van der Waals surface area (Å²) >= 11 is 3.35. The van der Waals surface area contributed by atoms with E-state index in [1.54, 1.807) is 4.68 Å². The van der Waals surface area contributed by atoms with Crippen molar-refractivity contribution in [3.05, 3.63) is 21.9 Å². The van der Waals surface area contributed by atoms with Crippen LogP contribution in [0.25, 0.3) is 0 Å². The molecular weight excluding hydrogens is 282 g/mol. The molecule has 1 heterocycles. The molecule has 0 bridgehead atoms. The van der Waals surface area contributed by atoms with Crippen molar-refractivity contribution in [3.8, 4) is 0 Å². The molecule has 0 aliphatic heterocycles. The van der Waals surface area contributed by atoms with E-state index in [0.717, 1.165) is 18.5 Å². The molecule has 3 atom stereocenters. The lowest BCUT2D eigenvalue weighted by atomic mass is 9.80. The molecule has 0 fully saturated rings. The summed E-state index contributed by atoms with van der Waals surface area (Å²) in [4.78, 5) is 0. The Kier molecular flexibility index (Phi) is 3.68. The zero-order valence-corrected chi connectivity index (χ0v) is 12.0. The first-order valence-electron chi connectivity index (χ1n) is 5.89. The predicted molar refractivity (Wildman–Crippen MR) is 69.3 cm³/mol. The first kappa shape index (κ1) is 12.8. The maximum Gasteiger partial charge on any atom is 0.154 e. The maximum absolute atomic E-state index is 10.5. The van der Waals surface area contributed by atoms with Gasteiger partial charge < -0.3 is 5.11 Å². The molecule has 17 heavy (non-hydrogen) atoms. The van der Waals surface area contributed by atoms with Gasteiger partial charge in [-0.05, 0) is 47.5 Å². The van der Waals surface area contributed by atoms with Crippen molar-refractivity contribution >= 4 is 15.9 Å². The number of rotatable bonds is 2. The van der Waals surface area contributed by atoms with Crippen molar-refractivity contribution < 1.29 is 5.11 Å². The van der Waals surface area contributed by atoms with Gasteiger partial charge in [-0.2, -0.15) is 0 Å². The second kappa shape index (κ2) is 4.90. The van der Waals surface area contributed by atoms with Crippen molar-refractivity contribution in [1.82, 2.24) is 15.0 Å². The third-order valence-electron chi connectivity index (χ3n) is 3.38. The zero-order valence-electron chi connectivity index (χ0n) is 10.4. The Balaban J connectivity index is 2.21. The molecule has 4 nitrogen and oxygen atoms in total. The van der Waals surface area contributed by atoms with Crippen LogP contribution in [0.15, 0.2) is 16.3 Å². The Labute approximate surface area is 110 Å². The molecule has 0 amide bonds. The topological polar surface area (TPSA) is 50.9 Å². The Morgan fingerprint density at radius 1 is 1.59 bits per heavy atom. The predicted octanol–water partition coefficient (Wildman–Crippen LogP) is 2.60. The summed E-state index contributed by atoms with van der Waals surface area (Å²) in [6.45, 7) is 4.32. The lowest BCUT2D eigenvalue weighted by Gasteiger charge is -2.29. The highest BCUT2D eigenvalue weighted by Crippen LogP contribution is 2.37. The molecule has 0 saturated heterocycles. The van der Waals surface area contributed by atoms with Crippen LogP contribution in [0.1, 0.15) is 38.5 Å². The molecule has 94 valence electrons. The van der Waals surface area contributed by atoms with E-state index in [4.69, 9.17) is 0 Å². The van der Waals surface area contributed by atoms with Gasteiger partial charge in [0, 0.05) is 7.05 Å². The molecule has 1 aliphatic carbocycles. The Morgan fingerprint density at radius 2 is 2.29 bits per heavy atom. The van der Waals surface area contributed by atoms with Crippen LogP contribution in [0.4, 0.5) is 0 Å². The third-order valence-corrected chi connectivity index (χ3v) is 3.95. The van der Waals surface area contributed by atoms with Crippen LogP contribution in [0.5, 0.6) is 0 Å². The van der Waals surface area contributed by atoms with Gasteiger partial charge in [0.2, 0.25) is 0 Å². The fourth-order valence-electron chi connectivity index (χ4n) is 2.71. The van der Waals surface area contributed by atoms with E-state index in [1.165, 1.54) is 5.57 Å². The number of aliphatic hydroxyl groups excluding tert-OH is 1. The molecule has 0 radical (unpaired) electrons. The van der Waals surface area contributed by atoms with Crippen molar-refractivity contribution in [2.75, 3.05) is 0 Å². The molecule has 1 aliphatic rings. The van der Waals surface area contributed by atoms with Gasteiger partial charge in [0.15, 0.2) is 4.60 Å². The molecule has 3 unspecified atom stereocenters. The van der Waals surface area contributed by atoms with E-state index in [2.05, 4.69) is 46.2 Å². The van der Waals surface area contributed by atoms with Crippen LogP contribution in [0, 0.1) is 11.8 Å². The van der Waals surface area contributed by atoms with Gasteiger partial charge in [-0.15, -0.1) is 5.10 Å². The highest BCUT2D eigenvalue weighted by molar-refractivity contribution is 9.10. The smallest absolute Gasteiger partial charge is 0.154 e. The quantitative estimate of drug-likeness (QED) is 0.854. The molecule has 0 spiro atoms. The average Bonchev–Trinajstić information content (AvgIpc) is 2.56. The van der Waals surface area contributed by atoms with Gasteiger partial charge in [0.1, 0.15) is 11.8 Å². The first-order chi connectivity index (χ1) is 7.99. The normalized spacial score (nSPS) is 26.8. The third kappa shape index (κ3) is 2.60. The summed E-state index contributed by atoms with van der Waals surface area (Å²) in [5, 5.41) is 18.3. The van der Waals surface area contributed by atoms with Gasteiger partial charge in [0.05, 0.1) is 0 Å². The molecular formula is C12H18BrN3O. The van der Waals surface area contributed by atoms with Crippen LogP contribution in [0.2, 0.25) is 0 Å². The SMILES string of the molecule is CC1=CC(C)CC(C(O)c2c(Br)nnn2C)C1. The minimum absolute atomic E-state index is 0.253. The summed E-state index contributed by atoms with van der Waals surface area (Å²) in [7, 11) is 1.81. The van der Waals surface area contributed by atoms with Crippen molar-refractivity contribution in [3.63, 3.8) is 0 Å². The Hall–Kier alpha value is -0.680. The minimum atomic E-state index is -0.504. The fourth-order valence-corrected chi connectivity index (χ4v) is 3.27. The lowest BCUT2D eigenvalue weighted by molar-refractivity contribution is 0.0851. The van der Waals surface area contributed by atoms with Crippen LogP contribution in [-0.4, -0.2) is 20.1 Å². The number of allylic oxidation sites excluding steroid dienone is 2. The second-order valence-corrected chi connectivity index (χ2v) is 5.78. The highest BCUT2D eigenvalue weighted by atomic mass is 79.9. The number of aromatic nitrogens is 3. The van der Waals surface area contributed by atoms with Gasteiger partial charge in [-0.25, -0.2) is 4.68 Å². The first-order valence-corrected chi connectivity index (χ1v) is 6.68. The highest BCUT2D eigenvalue weighted by Gasteiger charge is 2.29. The van der Waals surface area contributed by atoms with Gasteiger partial charge >= 0.3 is 0 Å². The summed E-state index contributed by atoms with van der Waals surface area (Å²) in [6, 6.07) is 0. The van der Waals surface area contributed by atoms with E-state index < -0.39 is 6.10 Å². The van der Waals surface area contributed by atoms with Crippen molar-refractivity contribution in [2.24, 2.45) is 18.9 Å². The van der Waals surface area contributed by atoms with E-state index in [9.17, 15) is 5.11 Å². The number of aryl methyl sites for hydroxylation is 1. The molecule has 2 rings (SSSR count). The largest absolute Gasteiger partial charge is 0.386 e. The molecule has 1 aromatic rings. The number of hydrogen-bond donors (Lipinski definition) is 1. The van der Waals surface area contributed by atoms with Gasteiger partial charge in [-0.3, -0.25) is 0 Å². The maximum atomic E-state index is 10.5. The summed E-state index contributed by atoms with van der Waals surface area (Å²) in [5.41, 5.74) is 2.14. The van der Waals surface area contributed by atoms with Crippen LogP contribution < -0.4 is 0 Å². The molecule has 0 aromatic carbocycles. The summed E-state index contributed by atoms with van der Waals surface area (Å²) in [6.07, 6.45) is 3.74. The van der Waals surface area contributed by atoms with E-state index in [-0.39, 0.29) is 5.92 Å². The van der Waals surface area contributed by atoms with Gasteiger partial charge in [0.25, 0.3) is 0 Å². The average molecular weight is 300 g/mol. The van der Waals surface area contributed by atoms with E-state index >= 15 is 0 Å². The minimum Gasteiger partial charge on any atom is -0.386 e. The molecule has 0 saturated carbocycles. The van der Waals surface area contributed by atoms with Crippen molar-refractivity contribution in [1.29, 1.82) is 0 Å². The van der Waals surface area contributed by atoms with Crippen LogP contribution >= 0.6 is 15.9 Å². The van der Waals surface area contributed by atoms with E-state index in [0.29, 0.717) is 10.5 Å². The number of aliphatic hydroxyl groups is 1. The van der Waals surface area contributed by atoms with Crippen LogP contribution in [-0.2, 0) is 7.05 Å². The van der Waals surface area contributed by atoms with Crippen LogP contribution in [0.3, 0.4) is 0 Å². The van der Waals surface area contributed by atoms with Gasteiger partial charge in [-0.1, -0.05) is 23.8 Å². The Bertz CT molecular complexity index is 421. The number of hydrogen-bond acceptors (Lipinski definition) is 3. The molecule has 1 N–H and O–H groups in total. The monoisotopic (exact) mass is 299 g/mol. The standard InChI is InChI=1S/C12H18BrN3O/c1-7-4-8(2)6-9(5-7)11(17)10-12(13)14-15-16(10)3/h4,7,9,11,17H,5-6H2,1-3H3.